The number of aromatic nitrogens is 3. The van der Waals surface area contributed by atoms with Crippen LogP contribution in [0.1, 0.15) is 36.0 Å². The summed E-state index contributed by atoms with van der Waals surface area (Å²) in [6, 6.07) is 4.21. The van der Waals surface area contributed by atoms with E-state index in [-0.39, 0.29) is 0 Å². The molecule has 0 saturated heterocycles. The quantitative estimate of drug-likeness (QED) is 0.920. The van der Waals surface area contributed by atoms with E-state index in [0.717, 1.165) is 42.3 Å². The molecule has 0 amide bonds. The van der Waals surface area contributed by atoms with Crippen LogP contribution in [0.15, 0.2) is 12.1 Å². The Bertz CT molecular complexity index is 580. The summed E-state index contributed by atoms with van der Waals surface area (Å²) in [5.41, 5.74) is 4.08. The van der Waals surface area contributed by atoms with Crippen molar-refractivity contribution in [2.75, 3.05) is 7.05 Å². The van der Waals surface area contributed by atoms with Crippen molar-refractivity contribution in [1.29, 1.82) is 0 Å². The van der Waals surface area contributed by atoms with Crippen LogP contribution >= 0.6 is 11.6 Å². The van der Waals surface area contributed by atoms with Crippen LogP contribution in [0.5, 0.6) is 0 Å². The SMILES string of the molecule is CCCc1cc(CNC)cc(-n2nc(C)c(Cl)c2C)n1. The van der Waals surface area contributed by atoms with Gasteiger partial charge in [-0.15, -0.1) is 0 Å². The highest BCUT2D eigenvalue weighted by Gasteiger charge is 2.13. The van der Waals surface area contributed by atoms with E-state index in [1.165, 1.54) is 5.56 Å². The zero-order valence-corrected chi connectivity index (χ0v) is 13.3. The Morgan fingerprint density at radius 2 is 2.05 bits per heavy atom. The largest absolute Gasteiger partial charge is 0.316 e. The minimum Gasteiger partial charge on any atom is -0.316 e. The van der Waals surface area contributed by atoms with Crippen LogP contribution in [0.3, 0.4) is 0 Å². The fourth-order valence-corrected chi connectivity index (χ4v) is 2.40. The summed E-state index contributed by atoms with van der Waals surface area (Å²) in [6.45, 7) is 6.86. The monoisotopic (exact) mass is 292 g/mol. The molecule has 0 atom stereocenters. The second-order valence-corrected chi connectivity index (χ2v) is 5.38. The van der Waals surface area contributed by atoms with Crippen LogP contribution in [0.4, 0.5) is 0 Å². The van der Waals surface area contributed by atoms with Crippen molar-refractivity contribution in [3.63, 3.8) is 0 Å². The Morgan fingerprint density at radius 3 is 2.60 bits per heavy atom. The van der Waals surface area contributed by atoms with Crippen molar-refractivity contribution in [2.24, 2.45) is 0 Å². The molecule has 2 heterocycles. The second kappa shape index (κ2) is 6.37. The first-order valence-corrected chi connectivity index (χ1v) is 7.31. The Kier molecular flexibility index (Phi) is 4.78. The predicted octanol–water partition coefficient (Wildman–Crippen LogP) is 3.21. The van der Waals surface area contributed by atoms with E-state index >= 15 is 0 Å². The average molecular weight is 293 g/mol. The van der Waals surface area contributed by atoms with Gasteiger partial charge < -0.3 is 5.32 Å². The van der Waals surface area contributed by atoms with Gasteiger partial charge in [-0.05, 0) is 45.0 Å². The second-order valence-electron chi connectivity index (χ2n) is 5.00. The summed E-state index contributed by atoms with van der Waals surface area (Å²) < 4.78 is 1.83. The fraction of sp³-hybridized carbons (Fsp3) is 0.467. The molecule has 5 heteroatoms. The standard InChI is InChI=1S/C15H21ClN4/c1-5-6-13-7-12(9-17-4)8-14(18-13)20-11(3)15(16)10(2)19-20/h7-8,17H,5-6,9H2,1-4H3. The minimum atomic E-state index is 0.711. The van der Waals surface area contributed by atoms with Crippen molar-refractivity contribution in [3.8, 4) is 5.82 Å². The molecule has 0 aliphatic rings. The molecule has 0 bridgehead atoms. The summed E-state index contributed by atoms with van der Waals surface area (Å²) in [5.74, 6) is 0.841. The smallest absolute Gasteiger partial charge is 0.154 e. The van der Waals surface area contributed by atoms with Crippen LogP contribution in [0.25, 0.3) is 5.82 Å². The molecule has 0 unspecified atom stereocenters. The molecule has 108 valence electrons. The normalized spacial score (nSPS) is 11.1. The highest BCUT2D eigenvalue weighted by Crippen LogP contribution is 2.22. The van der Waals surface area contributed by atoms with E-state index in [0.29, 0.717) is 5.02 Å². The molecule has 20 heavy (non-hydrogen) atoms. The van der Waals surface area contributed by atoms with Gasteiger partial charge in [-0.3, -0.25) is 0 Å². The van der Waals surface area contributed by atoms with Gasteiger partial charge >= 0.3 is 0 Å². The molecular weight excluding hydrogens is 272 g/mol. The number of pyridine rings is 1. The molecule has 0 saturated carbocycles. The Labute approximate surface area is 125 Å². The lowest BCUT2D eigenvalue weighted by atomic mass is 10.1. The number of hydrogen-bond donors (Lipinski definition) is 1. The van der Waals surface area contributed by atoms with Crippen molar-refractivity contribution in [3.05, 3.63) is 39.8 Å². The van der Waals surface area contributed by atoms with Crippen molar-refractivity contribution in [2.45, 2.75) is 40.2 Å². The third kappa shape index (κ3) is 3.02. The van der Waals surface area contributed by atoms with Crippen LogP contribution < -0.4 is 5.32 Å². The van der Waals surface area contributed by atoms with Gasteiger partial charge in [0.2, 0.25) is 0 Å². The molecule has 0 aliphatic heterocycles. The molecule has 0 aliphatic carbocycles. The number of nitrogens with one attached hydrogen (secondary N) is 1. The molecule has 2 aromatic heterocycles. The Morgan fingerprint density at radius 1 is 1.30 bits per heavy atom. The number of halogens is 1. The highest BCUT2D eigenvalue weighted by molar-refractivity contribution is 6.31. The third-order valence-corrected chi connectivity index (χ3v) is 3.78. The summed E-state index contributed by atoms with van der Waals surface area (Å²) in [4.78, 5) is 4.70. The highest BCUT2D eigenvalue weighted by atomic mass is 35.5. The number of nitrogens with zero attached hydrogens (tertiary/aromatic N) is 3. The fourth-order valence-electron chi connectivity index (χ4n) is 2.28. The Balaban J connectivity index is 2.51. The van der Waals surface area contributed by atoms with E-state index < -0.39 is 0 Å². The van der Waals surface area contributed by atoms with Gasteiger partial charge in [0, 0.05) is 12.2 Å². The lowest BCUT2D eigenvalue weighted by Crippen LogP contribution is -2.10. The summed E-state index contributed by atoms with van der Waals surface area (Å²) in [5, 5.41) is 8.37. The maximum atomic E-state index is 6.23. The van der Waals surface area contributed by atoms with E-state index in [1.54, 1.807) is 0 Å². The molecule has 0 radical (unpaired) electrons. The number of aryl methyl sites for hydroxylation is 2. The molecule has 4 nitrogen and oxygen atoms in total. The van der Waals surface area contributed by atoms with Crippen LogP contribution in [0.2, 0.25) is 5.02 Å². The molecular formula is C15H21ClN4. The summed E-state index contributed by atoms with van der Waals surface area (Å²) in [7, 11) is 1.94. The van der Waals surface area contributed by atoms with Crippen molar-refractivity contribution >= 4 is 11.6 Å². The van der Waals surface area contributed by atoms with Crippen LogP contribution in [-0.4, -0.2) is 21.8 Å². The van der Waals surface area contributed by atoms with Gasteiger partial charge in [0.1, 0.15) is 0 Å². The molecule has 2 rings (SSSR count). The van der Waals surface area contributed by atoms with Crippen molar-refractivity contribution in [1.82, 2.24) is 20.1 Å². The lowest BCUT2D eigenvalue weighted by molar-refractivity contribution is 0.766. The van der Waals surface area contributed by atoms with Gasteiger partial charge in [-0.2, -0.15) is 5.10 Å². The molecule has 2 aromatic rings. The predicted molar refractivity (Wildman–Crippen MR) is 82.6 cm³/mol. The first-order valence-electron chi connectivity index (χ1n) is 6.93. The molecule has 0 spiro atoms. The maximum absolute atomic E-state index is 6.23. The third-order valence-electron chi connectivity index (χ3n) is 3.23. The van der Waals surface area contributed by atoms with Gasteiger partial charge in [0.25, 0.3) is 0 Å². The van der Waals surface area contributed by atoms with Gasteiger partial charge in [-0.1, -0.05) is 24.9 Å². The number of rotatable bonds is 5. The number of hydrogen-bond acceptors (Lipinski definition) is 3. The van der Waals surface area contributed by atoms with E-state index in [1.807, 2.05) is 25.6 Å². The zero-order valence-electron chi connectivity index (χ0n) is 12.5. The maximum Gasteiger partial charge on any atom is 0.154 e. The first kappa shape index (κ1) is 15.0. The first-order chi connectivity index (χ1) is 9.56. The zero-order chi connectivity index (χ0) is 14.7. The van der Waals surface area contributed by atoms with Gasteiger partial charge in [0.05, 0.1) is 16.4 Å². The van der Waals surface area contributed by atoms with Crippen molar-refractivity contribution < 1.29 is 0 Å². The van der Waals surface area contributed by atoms with Gasteiger partial charge in [0.15, 0.2) is 5.82 Å². The summed E-state index contributed by atoms with van der Waals surface area (Å²) in [6.07, 6.45) is 2.05. The lowest BCUT2D eigenvalue weighted by Gasteiger charge is -2.10. The minimum absolute atomic E-state index is 0.711. The van der Waals surface area contributed by atoms with E-state index in [9.17, 15) is 0 Å². The topological polar surface area (TPSA) is 42.7 Å². The van der Waals surface area contributed by atoms with E-state index in [4.69, 9.17) is 16.6 Å². The van der Waals surface area contributed by atoms with E-state index in [2.05, 4.69) is 29.5 Å². The molecule has 1 N–H and O–H groups in total. The molecule has 0 aromatic carbocycles. The van der Waals surface area contributed by atoms with Crippen LogP contribution in [0, 0.1) is 13.8 Å². The molecule has 0 fully saturated rings. The average Bonchev–Trinajstić information content (AvgIpc) is 2.67. The van der Waals surface area contributed by atoms with Gasteiger partial charge in [-0.25, -0.2) is 9.67 Å². The summed E-state index contributed by atoms with van der Waals surface area (Å²) >= 11 is 6.23. The Hall–Kier alpha value is -1.39. The van der Waals surface area contributed by atoms with Crippen LogP contribution in [-0.2, 0) is 13.0 Å².